The van der Waals surface area contributed by atoms with E-state index in [1.807, 2.05) is 0 Å². The van der Waals surface area contributed by atoms with Gasteiger partial charge in [-0.25, -0.2) is 0 Å². The number of nitrogens with zero attached hydrogens (tertiary/aromatic N) is 4. The summed E-state index contributed by atoms with van der Waals surface area (Å²) in [6.07, 6.45) is 47.5. The minimum absolute atomic E-state index is 0.113. The Balaban J connectivity index is 4.48. The molecule has 10 heteroatoms. The van der Waals surface area contributed by atoms with Crippen molar-refractivity contribution in [1.82, 2.24) is 19.6 Å². The van der Waals surface area contributed by atoms with Crippen LogP contribution < -0.4 is 0 Å². The maximum Gasteiger partial charge on any atom is 0.0701 e. The van der Waals surface area contributed by atoms with Gasteiger partial charge >= 0.3 is 0 Å². The van der Waals surface area contributed by atoms with Gasteiger partial charge in [-0.3, -0.25) is 14.7 Å². The van der Waals surface area contributed by atoms with Gasteiger partial charge < -0.3 is 34.8 Å². The molecule has 0 heterocycles. The summed E-state index contributed by atoms with van der Waals surface area (Å²) in [7, 11) is 0. The molecule has 0 aromatic carbocycles. The van der Waals surface area contributed by atoms with Crippen LogP contribution in [0.3, 0.4) is 0 Å². The molecule has 0 saturated heterocycles. The van der Waals surface area contributed by atoms with Crippen molar-refractivity contribution in [3.8, 4) is 0 Å². The van der Waals surface area contributed by atoms with Crippen LogP contribution >= 0.6 is 0 Å². The average Bonchev–Trinajstić information content (AvgIpc) is 3.30. The average molecular weight is 926 g/mol. The lowest BCUT2D eigenvalue weighted by molar-refractivity contribution is 0.0293. The van der Waals surface area contributed by atoms with Crippen LogP contribution in [0.15, 0.2) is 24.3 Å². The molecule has 0 aliphatic heterocycles. The van der Waals surface area contributed by atoms with Crippen molar-refractivity contribution in [3.05, 3.63) is 24.3 Å². The molecule has 0 aliphatic rings. The van der Waals surface area contributed by atoms with E-state index in [2.05, 4.69) is 57.8 Å². The quantitative estimate of drug-likeness (QED) is 0.0348. The molecule has 65 heavy (non-hydrogen) atoms. The first-order valence-corrected chi connectivity index (χ1v) is 27.9. The van der Waals surface area contributed by atoms with Gasteiger partial charge in [-0.2, -0.15) is 0 Å². The lowest BCUT2D eigenvalue weighted by Gasteiger charge is -2.27. The first-order chi connectivity index (χ1) is 32.1. The zero-order valence-electron chi connectivity index (χ0n) is 43.4. The molecule has 0 aromatic rings. The molecule has 0 amide bonds. The highest BCUT2D eigenvalue weighted by Crippen LogP contribution is 2.13. The molecule has 0 saturated carbocycles. The lowest BCUT2D eigenvalue weighted by atomic mass is 10.1. The molecular formula is C55H112N4O6. The Kier molecular flexibility index (Phi) is 54.9. The predicted octanol–water partition coefficient (Wildman–Crippen LogP) is 10.7. The standard InChI is InChI=1S/C55H112N4O6/c1-3-5-7-9-11-13-15-17-19-21-23-25-27-29-31-33-36-56(38-35-39-58(42-48-60)43-49-61)46-52-64-54-55-65-53-47-57(40-41-59(44-50-62)45-51-63)37-34-32-30-28-26-24-22-20-18-16-14-12-10-8-6-4-2/h17-20,60-63H,3-16,21-55H2,1-2H3. The van der Waals surface area contributed by atoms with Crippen LogP contribution in [-0.2, 0) is 9.47 Å². The first kappa shape index (κ1) is 64.1. The van der Waals surface area contributed by atoms with Crippen LogP contribution in [0.25, 0.3) is 0 Å². The van der Waals surface area contributed by atoms with Crippen molar-refractivity contribution >= 4 is 0 Å². The van der Waals surface area contributed by atoms with E-state index >= 15 is 0 Å². The number of hydrogen-bond acceptors (Lipinski definition) is 10. The van der Waals surface area contributed by atoms with Crippen molar-refractivity contribution in [1.29, 1.82) is 0 Å². The molecular weight excluding hydrogens is 813 g/mol. The van der Waals surface area contributed by atoms with Gasteiger partial charge in [-0.05, 0) is 96.8 Å². The van der Waals surface area contributed by atoms with Crippen molar-refractivity contribution < 1.29 is 29.9 Å². The molecule has 388 valence electrons. The fourth-order valence-electron chi connectivity index (χ4n) is 8.58. The maximum atomic E-state index is 9.51. The van der Waals surface area contributed by atoms with E-state index in [-0.39, 0.29) is 26.4 Å². The van der Waals surface area contributed by atoms with Gasteiger partial charge in [-0.1, -0.05) is 154 Å². The monoisotopic (exact) mass is 925 g/mol. The predicted molar refractivity (Wildman–Crippen MR) is 279 cm³/mol. The fourth-order valence-corrected chi connectivity index (χ4v) is 8.58. The SMILES string of the molecule is CCCCCCCCC=CCCCCCCCCN(CCCN(CCO)CCO)CCOCCOCCN(CCCCCCCCC=CCCCCCCCC)CCN(CCO)CCO. The van der Waals surface area contributed by atoms with Gasteiger partial charge in [0.1, 0.15) is 0 Å². The number of hydrogen-bond donors (Lipinski definition) is 4. The van der Waals surface area contributed by atoms with Crippen LogP contribution in [0, 0.1) is 0 Å². The summed E-state index contributed by atoms with van der Waals surface area (Å²) in [6.45, 7) is 17.6. The zero-order chi connectivity index (χ0) is 47.2. The minimum atomic E-state index is 0.113. The van der Waals surface area contributed by atoms with E-state index in [0.29, 0.717) is 52.6 Å². The second-order valence-corrected chi connectivity index (χ2v) is 18.7. The van der Waals surface area contributed by atoms with Crippen molar-refractivity contribution in [2.45, 2.75) is 200 Å². The summed E-state index contributed by atoms with van der Waals surface area (Å²) in [5, 5.41) is 37.9. The van der Waals surface area contributed by atoms with Gasteiger partial charge in [0.25, 0.3) is 0 Å². The van der Waals surface area contributed by atoms with Gasteiger partial charge in [0.05, 0.1) is 52.9 Å². The molecule has 0 bridgehead atoms. The van der Waals surface area contributed by atoms with E-state index in [4.69, 9.17) is 9.47 Å². The smallest absolute Gasteiger partial charge is 0.0701 e. The Morgan fingerprint density at radius 1 is 0.262 bits per heavy atom. The molecule has 0 rings (SSSR count). The highest BCUT2D eigenvalue weighted by molar-refractivity contribution is 4.82. The van der Waals surface area contributed by atoms with E-state index in [1.165, 1.54) is 180 Å². The number of aliphatic hydroxyl groups excluding tert-OH is 4. The molecule has 0 atom stereocenters. The molecule has 4 N–H and O–H groups in total. The molecule has 0 fully saturated rings. The van der Waals surface area contributed by atoms with Crippen LogP contribution in [0.4, 0.5) is 0 Å². The Morgan fingerprint density at radius 2 is 0.523 bits per heavy atom. The van der Waals surface area contributed by atoms with Crippen molar-refractivity contribution in [3.63, 3.8) is 0 Å². The molecule has 0 spiro atoms. The van der Waals surface area contributed by atoms with Crippen LogP contribution in [0.2, 0.25) is 0 Å². The van der Waals surface area contributed by atoms with Gasteiger partial charge in [0, 0.05) is 52.4 Å². The second-order valence-electron chi connectivity index (χ2n) is 18.7. The summed E-state index contributed by atoms with van der Waals surface area (Å²) in [4.78, 5) is 9.33. The van der Waals surface area contributed by atoms with Crippen LogP contribution in [0.1, 0.15) is 200 Å². The first-order valence-electron chi connectivity index (χ1n) is 27.9. The Hall–Kier alpha value is -0.920. The number of aliphatic hydroxyl groups is 4. The van der Waals surface area contributed by atoms with Crippen LogP contribution in [0.5, 0.6) is 0 Å². The molecule has 0 radical (unpaired) electrons. The zero-order valence-corrected chi connectivity index (χ0v) is 43.4. The van der Waals surface area contributed by atoms with Crippen molar-refractivity contribution in [2.24, 2.45) is 0 Å². The lowest BCUT2D eigenvalue weighted by Crippen LogP contribution is -2.39. The number of rotatable bonds is 56. The summed E-state index contributed by atoms with van der Waals surface area (Å²) in [5.41, 5.74) is 0. The summed E-state index contributed by atoms with van der Waals surface area (Å²) >= 11 is 0. The molecule has 0 aromatic heterocycles. The Labute approximate surface area is 404 Å². The highest BCUT2D eigenvalue weighted by atomic mass is 16.5. The Bertz CT molecular complexity index is 934. The van der Waals surface area contributed by atoms with Crippen molar-refractivity contribution in [2.75, 3.05) is 131 Å². The minimum Gasteiger partial charge on any atom is -0.395 e. The van der Waals surface area contributed by atoms with Gasteiger partial charge in [0.2, 0.25) is 0 Å². The third-order valence-corrected chi connectivity index (χ3v) is 12.8. The normalized spacial score (nSPS) is 12.3. The van der Waals surface area contributed by atoms with E-state index < -0.39 is 0 Å². The summed E-state index contributed by atoms with van der Waals surface area (Å²) < 4.78 is 12.2. The third-order valence-electron chi connectivity index (χ3n) is 12.8. The maximum absolute atomic E-state index is 9.51. The van der Waals surface area contributed by atoms with E-state index in [9.17, 15) is 20.4 Å². The molecule has 0 unspecified atom stereocenters. The Morgan fingerprint density at radius 3 is 0.862 bits per heavy atom. The topological polar surface area (TPSA) is 112 Å². The van der Waals surface area contributed by atoms with E-state index in [0.717, 1.165) is 58.8 Å². The number of ether oxygens (including phenoxy) is 2. The summed E-state index contributed by atoms with van der Waals surface area (Å²) in [6, 6.07) is 0. The van der Waals surface area contributed by atoms with E-state index in [1.54, 1.807) is 0 Å². The molecule has 0 aliphatic carbocycles. The number of unbranched alkanes of at least 4 members (excludes halogenated alkanes) is 24. The van der Waals surface area contributed by atoms with Crippen LogP contribution in [-0.4, -0.2) is 171 Å². The third kappa shape index (κ3) is 49.3. The largest absolute Gasteiger partial charge is 0.395 e. The second kappa shape index (κ2) is 55.7. The van der Waals surface area contributed by atoms with Gasteiger partial charge in [0.15, 0.2) is 0 Å². The number of allylic oxidation sites excluding steroid dienone is 4. The molecule has 10 nitrogen and oxygen atoms in total. The summed E-state index contributed by atoms with van der Waals surface area (Å²) in [5.74, 6) is 0. The van der Waals surface area contributed by atoms with Gasteiger partial charge in [-0.15, -0.1) is 0 Å². The highest BCUT2D eigenvalue weighted by Gasteiger charge is 2.11. The fraction of sp³-hybridized carbons (Fsp3) is 0.927.